The Morgan fingerprint density at radius 3 is 1.24 bits per heavy atom. The van der Waals surface area contributed by atoms with Gasteiger partial charge in [0.05, 0.1) is 33.4 Å². The first-order valence-electron chi connectivity index (χ1n) is 21.0. The van der Waals surface area contributed by atoms with Gasteiger partial charge in [0.15, 0.2) is 6.10 Å². The summed E-state index contributed by atoms with van der Waals surface area (Å²) < 4.78 is 42.0. The van der Waals surface area contributed by atoms with E-state index in [-0.39, 0.29) is 31.4 Å². The normalized spacial score (nSPS) is 12.7. The number of carbonyl (C=O) groups excluding carboxylic acids is 2. The lowest BCUT2D eigenvalue weighted by Gasteiger charge is -2.23. The average Bonchev–Trinajstić information content (AvgIpc) is 3.06. The minimum Gasteiger partial charge on any atom is -0.462 e. The fourth-order valence-electron chi connectivity index (χ4n) is 6.15. The molecular weight excluding hydrogens is 651 g/mol. The molecule has 1 atom stereocenters. The molecule has 0 fully saturated rings. The Balaban J connectivity index is 4.37. The van der Waals surface area contributed by atoms with Crippen molar-refractivity contribution in [1.29, 1.82) is 0 Å². The highest BCUT2D eigenvalue weighted by Gasteiger charge is 2.22. The Hall–Kier alpha value is -1.19. The van der Waals surface area contributed by atoms with Gasteiger partial charge in [-0.2, -0.15) is 8.42 Å². The monoisotopic (exact) mass is 733 g/mol. The highest BCUT2D eigenvalue weighted by atomic mass is 32.2. The van der Waals surface area contributed by atoms with Gasteiger partial charge in [-0.25, -0.2) is 0 Å². The van der Waals surface area contributed by atoms with Crippen LogP contribution < -0.4 is 0 Å². The molecule has 0 N–H and O–H groups in total. The van der Waals surface area contributed by atoms with Gasteiger partial charge >= 0.3 is 11.9 Å². The molecule has 0 aliphatic heterocycles. The van der Waals surface area contributed by atoms with E-state index < -0.39 is 22.2 Å². The van der Waals surface area contributed by atoms with Crippen molar-refractivity contribution in [2.75, 3.05) is 46.7 Å². The van der Waals surface area contributed by atoms with Crippen molar-refractivity contribution in [2.24, 2.45) is 0 Å². The van der Waals surface area contributed by atoms with Crippen LogP contribution in [0.15, 0.2) is 0 Å². The van der Waals surface area contributed by atoms with E-state index in [9.17, 15) is 18.0 Å². The second kappa shape index (κ2) is 33.6. The quantitative estimate of drug-likeness (QED) is 0.0270. The topological polar surface area (TPSA) is 96.0 Å². The smallest absolute Gasteiger partial charge is 0.306 e. The molecule has 0 saturated carbocycles. The summed E-state index contributed by atoms with van der Waals surface area (Å²) in [4.78, 5) is 25.1. The molecule has 0 saturated heterocycles. The van der Waals surface area contributed by atoms with Crippen molar-refractivity contribution in [2.45, 2.75) is 206 Å². The number of quaternary nitrogens is 1. The Kier molecular flexibility index (Phi) is 32.8. The molecule has 9 heteroatoms. The van der Waals surface area contributed by atoms with Crippen LogP contribution >= 0.6 is 0 Å². The second-order valence-corrected chi connectivity index (χ2v) is 17.5. The number of unbranched alkanes of at least 4 members (excludes halogenated alkanes) is 24. The first-order valence-corrected chi connectivity index (χ1v) is 22.6. The van der Waals surface area contributed by atoms with Crippen LogP contribution in [0.2, 0.25) is 0 Å². The lowest BCUT2D eigenvalue weighted by molar-refractivity contribution is -0.870. The number of rotatable bonds is 38. The number of hydrogen-bond acceptors (Lipinski definition) is 7. The minimum absolute atomic E-state index is 0.110. The fraction of sp³-hybridized carbons (Fsp3) is 0.951. The van der Waals surface area contributed by atoms with Gasteiger partial charge in [0, 0.05) is 19.3 Å². The summed E-state index contributed by atoms with van der Waals surface area (Å²) in [7, 11) is 2.23. The molecule has 0 heterocycles. The lowest BCUT2D eigenvalue weighted by Crippen LogP contribution is -2.36. The zero-order chi connectivity index (χ0) is 37.2. The van der Waals surface area contributed by atoms with E-state index in [1.54, 1.807) is 0 Å². The van der Waals surface area contributed by atoms with Crippen molar-refractivity contribution in [3.05, 3.63) is 0 Å². The minimum atomic E-state index is -3.79. The molecule has 0 bridgehead atoms. The standard InChI is InChI=1S/C41H82NO7S/c1-6-8-10-12-14-16-18-20-22-24-26-28-30-33-40(43)47-37-39(38-48-50(45,46)36-32-35-42(3,4)5)49-41(44)34-31-29-27-25-23-21-19-17-15-13-11-9-7-2/h39H,6-38H2,1-5H3/q+1/t39-/m0/s1. The highest BCUT2D eigenvalue weighted by Crippen LogP contribution is 2.15. The summed E-state index contributed by atoms with van der Waals surface area (Å²) in [6, 6.07) is 0. The number of carbonyl (C=O) groups is 2. The Morgan fingerprint density at radius 1 is 0.500 bits per heavy atom. The van der Waals surface area contributed by atoms with E-state index in [1.165, 1.54) is 128 Å². The van der Waals surface area contributed by atoms with Gasteiger partial charge in [0.1, 0.15) is 13.2 Å². The zero-order valence-corrected chi connectivity index (χ0v) is 34.4. The van der Waals surface area contributed by atoms with Crippen molar-refractivity contribution in [3.8, 4) is 0 Å². The van der Waals surface area contributed by atoms with E-state index in [4.69, 9.17) is 13.7 Å². The van der Waals surface area contributed by atoms with Crippen molar-refractivity contribution >= 4 is 22.1 Å². The molecule has 0 spiro atoms. The zero-order valence-electron chi connectivity index (χ0n) is 33.6. The van der Waals surface area contributed by atoms with Crippen molar-refractivity contribution in [3.63, 3.8) is 0 Å². The maximum absolute atomic E-state index is 12.6. The molecule has 50 heavy (non-hydrogen) atoms. The van der Waals surface area contributed by atoms with Gasteiger partial charge in [0.25, 0.3) is 10.1 Å². The predicted octanol–water partition coefficient (Wildman–Crippen LogP) is 10.8. The van der Waals surface area contributed by atoms with Crippen LogP contribution in [-0.2, 0) is 33.4 Å². The number of nitrogens with zero attached hydrogens (tertiary/aromatic N) is 1. The largest absolute Gasteiger partial charge is 0.462 e. The molecule has 8 nitrogen and oxygen atoms in total. The molecular formula is C41H82NO7S+. The second-order valence-electron chi connectivity index (χ2n) is 15.7. The summed E-state index contributed by atoms with van der Waals surface area (Å²) in [5, 5.41) is 0. The summed E-state index contributed by atoms with van der Waals surface area (Å²) in [6.45, 7) is 4.65. The van der Waals surface area contributed by atoms with Crippen LogP contribution in [0.1, 0.15) is 200 Å². The SMILES string of the molecule is CCCCCCCCCCCCCCCC(=O)OC[C@@H](COS(=O)(=O)CCC[N+](C)(C)C)OC(=O)CCCCCCCCCCCCCCC. The maximum Gasteiger partial charge on any atom is 0.306 e. The van der Waals surface area contributed by atoms with Crippen molar-refractivity contribution < 1.29 is 36.1 Å². The molecule has 298 valence electrons. The molecule has 0 aliphatic carbocycles. The average molecular weight is 733 g/mol. The van der Waals surface area contributed by atoms with Crippen LogP contribution in [-0.4, -0.2) is 77.6 Å². The van der Waals surface area contributed by atoms with E-state index in [0.29, 0.717) is 23.9 Å². The molecule has 0 radical (unpaired) electrons. The van der Waals surface area contributed by atoms with Gasteiger partial charge in [-0.05, 0) is 12.8 Å². The Labute approximate surface area is 310 Å². The summed E-state index contributed by atoms with van der Waals surface area (Å²) >= 11 is 0. The fourth-order valence-corrected chi connectivity index (χ4v) is 7.11. The van der Waals surface area contributed by atoms with Gasteiger partial charge in [-0.3, -0.25) is 13.8 Å². The summed E-state index contributed by atoms with van der Waals surface area (Å²) in [6.07, 6.45) is 32.0. The Morgan fingerprint density at radius 2 is 0.860 bits per heavy atom. The molecule has 0 aromatic carbocycles. The lowest BCUT2D eigenvalue weighted by atomic mass is 10.0. The van der Waals surface area contributed by atoms with Gasteiger partial charge in [0.2, 0.25) is 0 Å². The molecule has 0 amide bonds. The Bertz CT molecular complexity index is 888. The predicted molar refractivity (Wildman–Crippen MR) is 209 cm³/mol. The number of esters is 2. The van der Waals surface area contributed by atoms with Gasteiger partial charge < -0.3 is 14.0 Å². The molecule has 0 aromatic heterocycles. The number of hydrogen-bond donors (Lipinski definition) is 0. The maximum atomic E-state index is 12.6. The van der Waals surface area contributed by atoms with E-state index in [2.05, 4.69) is 13.8 Å². The van der Waals surface area contributed by atoms with Crippen LogP contribution in [0.3, 0.4) is 0 Å². The van der Waals surface area contributed by atoms with Crippen molar-refractivity contribution in [1.82, 2.24) is 0 Å². The van der Waals surface area contributed by atoms with Crippen LogP contribution in [0, 0.1) is 0 Å². The molecule has 0 unspecified atom stereocenters. The first-order chi connectivity index (χ1) is 24.0. The highest BCUT2D eigenvalue weighted by molar-refractivity contribution is 7.86. The summed E-state index contributed by atoms with van der Waals surface area (Å²) in [5.74, 6) is -0.867. The van der Waals surface area contributed by atoms with E-state index in [1.807, 2.05) is 21.1 Å². The summed E-state index contributed by atoms with van der Waals surface area (Å²) in [5.41, 5.74) is 0. The van der Waals surface area contributed by atoms with E-state index >= 15 is 0 Å². The van der Waals surface area contributed by atoms with Crippen LogP contribution in [0.25, 0.3) is 0 Å². The molecule has 0 aliphatic rings. The van der Waals surface area contributed by atoms with Gasteiger partial charge in [-0.1, -0.05) is 168 Å². The molecule has 0 rings (SSSR count). The van der Waals surface area contributed by atoms with Crippen LogP contribution in [0.4, 0.5) is 0 Å². The first kappa shape index (κ1) is 48.8. The third-order valence-corrected chi connectivity index (χ3v) is 10.6. The van der Waals surface area contributed by atoms with E-state index in [0.717, 1.165) is 38.5 Å². The van der Waals surface area contributed by atoms with Gasteiger partial charge in [-0.15, -0.1) is 0 Å². The third-order valence-electron chi connectivity index (χ3n) is 9.35. The molecule has 0 aromatic rings. The number of ether oxygens (including phenoxy) is 2. The third kappa shape index (κ3) is 36.6. The van der Waals surface area contributed by atoms with Crippen LogP contribution in [0.5, 0.6) is 0 Å².